The standard InChI is InChI=1S/C17H15N3O3S/c1-11-15-8-7-14(23-2)9-16(15)19-17(18-11)24-10-12-3-5-13(6-4-12)20(21)22/h3-9H,10H2,1-2H3. The van der Waals surface area contributed by atoms with Crippen molar-refractivity contribution in [3.05, 3.63) is 63.8 Å². The van der Waals surface area contributed by atoms with Crippen LogP contribution in [0, 0.1) is 17.0 Å². The van der Waals surface area contributed by atoms with Crippen LogP contribution in [0.1, 0.15) is 11.3 Å². The van der Waals surface area contributed by atoms with Gasteiger partial charge in [0.2, 0.25) is 0 Å². The molecule has 0 atom stereocenters. The summed E-state index contributed by atoms with van der Waals surface area (Å²) in [6.45, 7) is 1.95. The highest BCUT2D eigenvalue weighted by molar-refractivity contribution is 7.98. The monoisotopic (exact) mass is 341 g/mol. The minimum Gasteiger partial charge on any atom is -0.497 e. The van der Waals surface area contributed by atoms with Crippen LogP contribution in [0.4, 0.5) is 5.69 Å². The SMILES string of the molecule is COc1ccc2c(C)nc(SCc3ccc([N+](=O)[O-])cc3)nc2c1. The number of nitrogens with zero attached hydrogens (tertiary/aromatic N) is 3. The first-order valence-corrected chi connectivity index (χ1v) is 8.24. The summed E-state index contributed by atoms with van der Waals surface area (Å²) in [4.78, 5) is 19.4. The van der Waals surface area contributed by atoms with E-state index in [4.69, 9.17) is 4.74 Å². The van der Waals surface area contributed by atoms with Crippen LogP contribution >= 0.6 is 11.8 Å². The second-order valence-corrected chi connectivity index (χ2v) is 6.13. The molecule has 0 N–H and O–H groups in total. The molecule has 0 spiro atoms. The van der Waals surface area contributed by atoms with Gasteiger partial charge in [-0.1, -0.05) is 23.9 Å². The Morgan fingerprint density at radius 3 is 2.58 bits per heavy atom. The highest BCUT2D eigenvalue weighted by atomic mass is 32.2. The molecular formula is C17H15N3O3S. The third-order valence-electron chi connectivity index (χ3n) is 3.59. The van der Waals surface area contributed by atoms with E-state index in [-0.39, 0.29) is 5.69 Å². The van der Waals surface area contributed by atoms with Gasteiger partial charge in [-0.05, 0) is 24.6 Å². The number of rotatable bonds is 5. The Kier molecular flexibility index (Phi) is 4.61. The van der Waals surface area contributed by atoms with Crippen molar-refractivity contribution in [2.24, 2.45) is 0 Å². The van der Waals surface area contributed by atoms with Crippen LogP contribution < -0.4 is 4.74 Å². The normalized spacial score (nSPS) is 10.8. The van der Waals surface area contributed by atoms with Gasteiger partial charge < -0.3 is 4.74 Å². The number of hydrogen-bond acceptors (Lipinski definition) is 6. The Hall–Kier alpha value is -2.67. The number of nitro benzene ring substituents is 1. The molecule has 0 fully saturated rings. The van der Waals surface area contributed by atoms with E-state index in [1.54, 1.807) is 19.2 Å². The van der Waals surface area contributed by atoms with Gasteiger partial charge in [0.05, 0.1) is 17.5 Å². The van der Waals surface area contributed by atoms with E-state index in [2.05, 4.69) is 9.97 Å². The summed E-state index contributed by atoms with van der Waals surface area (Å²) in [6, 6.07) is 12.3. The average molecular weight is 341 g/mol. The highest BCUT2D eigenvalue weighted by Gasteiger charge is 2.08. The van der Waals surface area contributed by atoms with Gasteiger partial charge in [0.25, 0.3) is 5.69 Å². The molecule has 0 saturated carbocycles. The summed E-state index contributed by atoms with van der Waals surface area (Å²) in [7, 11) is 1.62. The summed E-state index contributed by atoms with van der Waals surface area (Å²) < 4.78 is 5.24. The van der Waals surface area contributed by atoms with Crippen LogP contribution in [0.25, 0.3) is 10.9 Å². The summed E-state index contributed by atoms with van der Waals surface area (Å²) >= 11 is 1.50. The van der Waals surface area contributed by atoms with E-state index in [1.165, 1.54) is 23.9 Å². The Balaban J connectivity index is 1.80. The van der Waals surface area contributed by atoms with Gasteiger partial charge in [-0.25, -0.2) is 9.97 Å². The number of nitro groups is 1. The summed E-state index contributed by atoms with van der Waals surface area (Å²) in [5.74, 6) is 1.40. The minimum absolute atomic E-state index is 0.0913. The number of hydrogen-bond donors (Lipinski definition) is 0. The van der Waals surface area contributed by atoms with Crippen molar-refractivity contribution >= 4 is 28.4 Å². The van der Waals surface area contributed by atoms with E-state index in [9.17, 15) is 10.1 Å². The highest BCUT2D eigenvalue weighted by Crippen LogP contribution is 2.26. The van der Waals surface area contributed by atoms with Crippen LogP contribution in [0.2, 0.25) is 0 Å². The zero-order valence-electron chi connectivity index (χ0n) is 13.2. The van der Waals surface area contributed by atoms with Gasteiger partial charge in [0.1, 0.15) is 5.75 Å². The molecule has 0 radical (unpaired) electrons. The van der Waals surface area contributed by atoms with Crippen molar-refractivity contribution in [3.63, 3.8) is 0 Å². The van der Waals surface area contributed by atoms with E-state index in [1.807, 2.05) is 25.1 Å². The van der Waals surface area contributed by atoms with Crippen molar-refractivity contribution < 1.29 is 9.66 Å². The summed E-state index contributed by atoms with van der Waals surface area (Å²) in [6.07, 6.45) is 0. The number of benzene rings is 2. The topological polar surface area (TPSA) is 78.2 Å². The van der Waals surface area contributed by atoms with Crippen LogP contribution in [0.5, 0.6) is 5.75 Å². The Labute approximate surface area is 143 Å². The molecule has 0 unspecified atom stereocenters. The minimum atomic E-state index is -0.403. The lowest BCUT2D eigenvalue weighted by Crippen LogP contribution is -1.94. The van der Waals surface area contributed by atoms with Crippen LogP contribution in [-0.4, -0.2) is 22.0 Å². The predicted octanol–water partition coefficient (Wildman–Crippen LogP) is 4.15. The molecule has 3 rings (SSSR count). The van der Waals surface area contributed by atoms with Crippen molar-refractivity contribution in [2.75, 3.05) is 7.11 Å². The number of aromatic nitrogens is 2. The number of aryl methyl sites for hydroxylation is 1. The molecule has 0 saturated heterocycles. The first-order chi connectivity index (χ1) is 11.6. The van der Waals surface area contributed by atoms with Gasteiger partial charge in [0, 0.05) is 35.0 Å². The molecule has 0 aliphatic rings. The van der Waals surface area contributed by atoms with Gasteiger partial charge in [-0.3, -0.25) is 10.1 Å². The van der Waals surface area contributed by atoms with Crippen LogP contribution in [-0.2, 0) is 5.75 Å². The molecule has 0 amide bonds. The lowest BCUT2D eigenvalue weighted by molar-refractivity contribution is -0.384. The van der Waals surface area contributed by atoms with Crippen LogP contribution in [0.15, 0.2) is 47.6 Å². The second-order valence-electron chi connectivity index (χ2n) is 5.19. The lowest BCUT2D eigenvalue weighted by Gasteiger charge is -2.07. The van der Waals surface area contributed by atoms with E-state index >= 15 is 0 Å². The van der Waals surface area contributed by atoms with Crippen molar-refractivity contribution in [1.82, 2.24) is 9.97 Å². The maximum Gasteiger partial charge on any atom is 0.269 e. The number of thioether (sulfide) groups is 1. The second kappa shape index (κ2) is 6.84. The molecule has 0 aliphatic heterocycles. The molecule has 1 aromatic heterocycles. The first kappa shape index (κ1) is 16.2. The number of fused-ring (bicyclic) bond motifs is 1. The zero-order valence-corrected chi connectivity index (χ0v) is 14.0. The van der Waals surface area contributed by atoms with E-state index in [0.29, 0.717) is 10.9 Å². The molecule has 24 heavy (non-hydrogen) atoms. The van der Waals surface area contributed by atoms with Crippen molar-refractivity contribution in [2.45, 2.75) is 17.8 Å². The molecule has 0 aliphatic carbocycles. The fourth-order valence-corrected chi connectivity index (χ4v) is 3.15. The lowest BCUT2D eigenvalue weighted by atomic mass is 10.2. The van der Waals surface area contributed by atoms with Crippen molar-refractivity contribution in [3.8, 4) is 5.75 Å². The fourth-order valence-electron chi connectivity index (χ4n) is 2.29. The summed E-state index contributed by atoms with van der Waals surface area (Å²) in [5, 5.41) is 12.3. The predicted molar refractivity (Wildman–Crippen MR) is 93.5 cm³/mol. The number of non-ortho nitro benzene ring substituents is 1. The maximum atomic E-state index is 10.7. The van der Waals surface area contributed by atoms with Gasteiger partial charge >= 0.3 is 0 Å². The third-order valence-corrected chi connectivity index (χ3v) is 4.51. The average Bonchev–Trinajstić information content (AvgIpc) is 2.59. The molecule has 6 nitrogen and oxygen atoms in total. The molecule has 122 valence electrons. The van der Waals surface area contributed by atoms with Gasteiger partial charge in [-0.15, -0.1) is 0 Å². The number of ether oxygens (including phenoxy) is 1. The number of methoxy groups -OCH3 is 1. The van der Waals surface area contributed by atoms with Gasteiger partial charge in [0.15, 0.2) is 5.16 Å². The zero-order chi connectivity index (χ0) is 17.1. The summed E-state index contributed by atoms with van der Waals surface area (Å²) in [5.41, 5.74) is 2.83. The Morgan fingerprint density at radius 2 is 1.92 bits per heavy atom. The molecule has 7 heteroatoms. The van der Waals surface area contributed by atoms with Crippen LogP contribution in [0.3, 0.4) is 0 Å². The van der Waals surface area contributed by atoms with E-state index in [0.717, 1.165) is 27.9 Å². The van der Waals surface area contributed by atoms with Crippen molar-refractivity contribution in [1.29, 1.82) is 0 Å². The molecule has 0 bridgehead atoms. The Bertz CT molecular complexity index is 897. The fraction of sp³-hybridized carbons (Fsp3) is 0.176. The van der Waals surface area contributed by atoms with Gasteiger partial charge in [-0.2, -0.15) is 0 Å². The smallest absolute Gasteiger partial charge is 0.269 e. The molecular weight excluding hydrogens is 326 g/mol. The maximum absolute atomic E-state index is 10.7. The molecule has 1 heterocycles. The van der Waals surface area contributed by atoms with E-state index < -0.39 is 4.92 Å². The largest absolute Gasteiger partial charge is 0.497 e. The third kappa shape index (κ3) is 3.46. The quantitative estimate of drug-likeness (QED) is 0.300. The Morgan fingerprint density at radius 1 is 1.17 bits per heavy atom. The molecule has 2 aromatic carbocycles. The first-order valence-electron chi connectivity index (χ1n) is 7.25. The molecule has 3 aromatic rings.